The van der Waals surface area contributed by atoms with Crippen molar-refractivity contribution in [3.8, 4) is 0 Å². The molecule has 0 spiro atoms. The van der Waals surface area contributed by atoms with Crippen LogP contribution >= 0.6 is 23.1 Å². The molecule has 1 heterocycles. The normalized spacial score (nSPS) is 9.83. The summed E-state index contributed by atoms with van der Waals surface area (Å²) in [6.45, 7) is 0. The summed E-state index contributed by atoms with van der Waals surface area (Å²) in [5.41, 5.74) is 0.409. The number of esters is 1. The van der Waals surface area contributed by atoms with Crippen LogP contribution in [-0.4, -0.2) is 24.3 Å². The fourth-order valence-corrected chi connectivity index (χ4v) is 2.18. The number of thioether (sulfide) groups is 1. The van der Waals surface area contributed by atoms with Crippen molar-refractivity contribution in [2.45, 2.75) is 5.75 Å². The van der Waals surface area contributed by atoms with Gasteiger partial charge in [-0.1, -0.05) is 0 Å². The summed E-state index contributed by atoms with van der Waals surface area (Å²) in [6.07, 6.45) is 2.00. The van der Waals surface area contributed by atoms with Gasteiger partial charge in [-0.25, -0.2) is 9.78 Å². The number of methoxy groups -OCH3 is 1. The third kappa shape index (κ3) is 2.22. The topological polar surface area (TPSA) is 39.2 Å². The van der Waals surface area contributed by atoms with E-state index >= 15 is 0 Å². The third-order valence-electron chi connectivity index (χ3n) is 1.21. The highest BCUT2D eigenvalue weighted by Crippen LogP contribution is 2.15. The maximum Gasteiger partial charge on any atom is 0.357 e. The quantitative estimate of drug-likeness (QED) is 0.702. The van der Waals surface area contributed by atoms with Crippen molar-refractivity contribution >= 4 is 29.1 Å². The minimum Gasteiger partial charge on any atom is -0.464 e. The molecule has 0 bridgehead atoms. The zero-order valence-corrected chi connectivity index (χ0v) is 8.50. The number of hydrogen-bond donors (Lipinski definition) is 0. The van der Waals surface area contributed by atoms with E-state index in [1.165, 1.54) is 18.4 Å². The number of thiazole rings is 1. The van der Waals surface area contributed by atoms with E-state index in [0.717, 1.165) is 10.8 Å². The smallest absolute Gasteiger partial charge is 0.357 e. The van der Waals surface area contributed by atoms with Gasteiger partial charge >= 0.3 is 5.97 Å². The van der Waals surface area contributed by atoms with E-state index in [4.69, 9.17) is 0 Å². The lowest BCUT2D eigenvalue weighted by atomic mass is 10.5. The van der Waals surface area contributed by atoms with Crippen molar-refractivity contribution in [2.75, 3.05) is 13.4 Å². The summed E-state index contributed by atoms with van der Waals surface area (Å²) in [5, 5.41) is 2.68. The average molecular weight is 203 g/mol. The molecule has 3 nitrogen and oxygen atoms in total. The van der Waals surface area contributed by atoms with Crippen molar-refractivity contribution in [2.24, 2.45) is 0 Å². The molecule has 0 aliphatic heterocycles. The predicted octanol–water partition coefficient (Wildman–Crippen LogP) is 1.79. The number of ether oxygens (including phenoxy) is 1. The number of aromatic nitrogens is 1. The highest BCUT2D eigenvalue weighted by molar-refractivity contribution is 7.97. The first kappa shape index (κ1) is 9.54. The first-order chi connectivity index (χ1) is 5.77. The zero-order valence-electron chi connectivity index (χ0n) is 6.86. The lowest BCUT2D eigenvalue weighted by Gasteiger charge is -1.91. The molecule has 0 saturated heterocycles. The Morgan fingerprint density at radius 2 is 2.58 bits per heavy atom. The van der Waals surface area contributed by atoms with Gasteiger partial charge in [-0.15, -0.1) is 11.3 Å². The van der Waals surface area contributed by atoms with E-state index < -0.39 is 0 Å². The number of nitrogens with zero attached hydrogens (tertiary/aromatic N) is 1. The second kappa shape index (κ2) is 4.47. The van der Waals surface area contributed by atoms with Gasteiger partial charge in [0.05, 0.1) is 7.11 Å². The molecule has 0 N–H and O–H groups in total. The summed E-state index contributed by atoms with van der Waals surface area (Å²) < 4.78 is 4.53. The lowest BCUT2D eigenvalue weighted by Crippen LogP contribution is -2.01. The number of rotatable bonds is 3. The molecule has 1 aromatic heterocycles. The van der Waals surface area contributed by atoms with Crippen LogP contribution in [0.5, 0.6) is 0 Å². The molecule has 0 aliphatic carbocycles. The average Bonchev–Trinajstić information content (AvgIpc) is 2.52. The molecule has 66 valence electrons. The van der Waals surface area contributed by atoms with Crippen LogP contribution in [0.4, 0.5) is 0 Å². The van der Waals surface area contributed by atoms with Gasteiger partial charge in [-0.3, -0.25) is 0 Å². The molecular weight excluding hydrogens is 194 g/mol. The molecule has 5 heteroatoms. The molecule has 0 saturated carbocycles. The second-order valence-electron chi connectivity index (χ2n) is 2.05. The van der Waals surface area contributed by atoms with Crippen LogP contribution in [-0.2, 0) is 10.5 Å². The minimum absolute atomic E-state index is 0.362. The number of carbonyl (C=O) groups excluding carboxylic acids is 1. The summed E-state index contributed by atoms with van der Waals surface area (Å²) in [6, 6.07) is 0. The first-order valence-corrected chi connectivity index (χ1v) is 5.57. The molecule has 1 rings (SSSR count). The predicted molar refractivity (Wildman–Crippen MR) is 50.7 cm³/mol. The highest BCUT2D eigenvalue weighted by Gasteiger charge is 2.09. The van der Waals surface area contributed by atoms with Crippen molar-refractivity contribution in [1.82, 2.24) is 4.98 Å². The Morgan fingerprint density at radius 1 is 1.83 bits per heavy atom. The van der Waals surface area contributed by atoms with Gasteiger partial charge in [0, 0.05) is 11.1 Å². The second-order valence-corrected chi connectivity index (χ2v) is 3.86. The Balaban J connectivity index is 2.70. The molecule has 0 aromatic carbocycles. The molecule has 12 heavy (non-hydrogen) atoms. The van der Waals surface area contributed by atoms with Crippen molar-refractivity contribution in [3.05, 3.63) is 16.1 Å². The monoisotopic (exact) mass is 203 g/mol. The molecular formula is C7H9NO2S2. The fraction of sp³-hybridized carbons (Fsp3) is 0.429. The third-order valence-corrected chi connectivity index (χ3v) is 2.81. The van der Waals surface area contributed by atoms with E-state index in [9.17, 15) is 4.79 Å². The van der Waals surface area contributed by atoms with Gasteiger partial charge in [0.25, 0.3) is 0 Å². The zero-order chi connectivity index (χ0) is 8.97. The van der Waals surface area contributed by atoms with Crippen LogP contribution in [0.25, 0.3) is 0 Å². The SMILES string of the molecule is COC(=O)c1csc(CSC)n1. The Bertz CT molecular complexity index is 272. The molecule has 0 amide bonds. The molecule has 0 radical (unpaired) electrons. The summed E-state index contributed by atoms with van der Waals surface area (Å²) >= 11 is 3.17. The Hall–Kier alpha value is -0.550. The van der Waals surface area contributed by atoms with Crippen LogP contribution in [0, 0.1) is 0 Å². The first-order valence-electron chi connectivity index (χ1n) is 3.29. The maximum absolute atomic E-state index is 10.9. The van der Waals surface area contributed by atoms with Gasteiger partial charge < -0.3 is 4.74 Å². The van der Waals surface area contributed by atoms with Crippen LogP contribution in [0.2, 0.25) is 0 Å². The summed E-state index contributed by atoms with van der Waals surface area (Å²) in [4.78, 5) is 15.0. The van der Waals surface area contributed by atoms with E-state index in [1.54, 1.807) is 17.1 Å². The van der Waals surface area contributed by atoms with Crippen molar-refractivity contribution < 1.29 is 9.53 Å². The van der Waals surface area contributed by atoms with Gasteiger partial charge in [0.2, 0.25) is 0 Å². The van der Waals surface area contributed by atoms with E-state index in [-0.39, 0.29) is 5.97 Å². The van der Waals surface area contributed by atoms with Gasteiger partial charge in [-0.05, 0) is 6.26 Å². The lowest BCUT2D eigenvalue weighted by molar-refractivity contribution is 0.0595. The van der Waals surface area contributed by atoms with E-state index in [1.807, 2.05) is 6.26 Å². The van der Waals surface area contributed by atoms with Crippen LogP contribution < -0.4 is 0 Å². The van der Waals surface area contributed by atoms with E-state index in [2.05, 4.69) is 9.72 Å². The molecule has 1 aromatic rings. The molecule has 0 unspecified atom stereocenters. The van der Waals surface area contributed by atoms with Gasteiger partial charge in [0.1, 0.15) is 5.01 Å². The Kier molecular flexibility index (Phi) is 3.55. The van der Waals surface area contributed by atoms with E-state index in [0.29, 0.717) is 5.69 Å². The number of hydrogen-bond acceptors (Lipinski definition) is 5. The van der Waals surface area contributed by atoms with Crippen LogP contribution in [0.1, 0.15) is 15.5 Å². The minimum atomic E-state index is -0.362. The van der Waals surface area contributed by atoms with Crippen molar-refractivity contribution in [3.63, 3.8) is 0 Å². The van der Waals surface area contributed by atoms with Crippen LogP contribution in [0.15, 0.2) is 5.38 Å². The Morgan fingerprint density at radius 3 is 3.17 bits per heavy atom. The van der Waals surface area contributed by atoms with Gasteiger partial charge in [0.15, 0.2) is 5.69 Å². The fourth-order valence-electron chi connectivity index (χ4n) is 0.699. The molecule has 0 atom stereocenters. The standard InChI is InChI=1S/C7H9NO2S2/c1-10-7(9)5-3-12-6(8-5)4-11-2/h3H,4H2,1-2H3. The summed E-state index contributed by atoms with van der Waals surface area (Å²) in [7, 11) is 1.36. The summed E-state index contributed by atoms with van der Waals surface area (Å²) in [5.74, 6) is 0.486. The highest BCUT2D eigenvalue weighted by atomic mass is 32.2. The van der Waals surface area contributed by atoms with Crippen LogP contribution in [0.3, 0.4) is 0 Å². The molecule has 0 aliphatic rings. The van der Waals surface area contributed by atoms with Gasteiger partial charge in [-0.2, -0.15) is 11.8 Å². The number of carbonyl (C=O) groups is 1. The largest absolute Gasteiger partial charge is 0.464 e. The maximum atomic E-state index is 10.9. The Labute approximate surface area is 79.1 Å². The molecule has 0 fully saturated rings. The van der Waals surface area contributed by atoms with Crippen molar-refractivity contribution in [1.29, 1.82) is 0 Å².